The van der Waals surface area contributed by atoms with Crippen molar-refractivity contribution in [3.8, 4) is 0 Å². The molecular formula is C51H59N3O4. The number of nitrogens with two attached hydrogens (primary N) is 1. The van der Waals surface area contributed by atoms with Gasteiger partial charge in [0.05, 0.1) is 11.0 Å². The minimum absolute atomic E-state index is 0.106. The summed E-state index contributed by atoms with van der Waals surface area (Å²) in [5.41, 5.74) is 14.5. The lowest BCUT2D eigenvalue weighted by Crippen LogP contribution is -2.77. The quantitative estimate of drug-likeness (QED) is 0.315. The number of esters is 2. The molecule has 8 heterocycles. The Labute approximate surface area is 343 Å². The van der Waals surface area contributed by atoms with E-state index in [1.807, 2.05) is 0 Å². The van der Waals surface area contributed by atoms with E-state index in [1.165, 1.54) is 40.0 Å². The zero-order valence-electron chi connectivity index (χ0n) is 34.4. The molecule has 10 unspecified atom stereocenters. The Hall–Kier alpha value is -3.94. The summed E-state index contributed by atoms with van der Waals surface area (Å²) in [6.07, 6.45) is 18.5. The fraction of sp³-hybridized carbons (Fsp3) is 0.569. The molecule has 58 heavy (non-hydrogen) atoms. The molecule has 13 bridgehead atoms. The van der Waals surface area contributed by atoms with Gasteiger partial charge in [-0.05, 0) is 136 Å². The Bertz CT molecular complexity index is 2250. The topological polar surface area (TPSA) is 85.1 Å². The van der Waals surface area contributed by atoms with Crippen molar-refractivity contribution in [2.45, 2.75) is 103 Å². The van der Waals surface area contributed by atoms with Gasteiger partial charge < -0.3 is 20.1 Å². The Kier molecular flexibility index (Phi) is 7.93. The number of carbonyl (C=O) groups excluding carboxylic acids is 2. The lowest BCUT2D eigenvalue weighted by Gasteiger charge is -2.71. The van der Waals surface area contributed by atoms with Crippen LogP contribution >= 0.6 is 0 Å². The second kappa shape index (κ2) is 12.8. The van der Waals surface area contributed by atoms with Crippen LogP contribution in [-0.4, -0.2) is 60.5 Å². The first-order chi connectivity index (χ1) is 28.3. The lowest BCUT2D eigenvalue weighted by atomic mass is 9.29. The smallest absolute Gasteiger partial charge is 0.339 e. The van der Waals surface area contributed by atoms with E-state index >= 15 is 4.79 Å². The summed E-state index contributed by atoms with van der Waals surface area (Å²) in [5, 5.41) is 0. The van der Waals surface area contributed by atoms with Crippen LogP contribution in [0.4, 0.5) is 0 Å². The lowest BCUT2D eigenvalue weighted by molar-refractivity contribution is -0.275. The number of ether oxygens (including phenoxy) is 2. The van der Waals surface area contributed by atoms with E-state index in [1.54, 1.807) is 0 Å². The van der Waals surface area contributed by atoms with Crippen molar-refractivity contribution < 1.29 is 19.1 Å². The fourth-order valence-electron chi connectivity index (χ4n) is 15.4. The molecule has 0 radical (unpaired) electrons. The molecule has 4 fully saturated rings. The molecule has 2 aromatic carbocycles. The summed E-state index contributed by atoms with van der Waals surface area (Å²) < 4.78 is 14.1. The first kappa shape index (κ1) is 36.0. The molecule has 2 aromatic rings. The van der Waals surface area contributed by atoms with Gasteiger partial charge in [-0.25, -0.2) is 4.79 Å². The Balaban J connectivity index is 1.15. The van der Waals surface area contributed by atoms with Crippen LogP contribution in [0.5, 0.6) is 0 Å². The van der Waals surface area contributed by atoms with Gasteiger partial charge in [0.25, 0.3) is 0 Å². The van der Waals surface area contributed by atoms with Crippen LogP contribution in [0.25, 0.3) is 0 Å². The summed E-state index contributed by atoms with van der Waals surface area (Å²) >= 11 is 0. The molecule has 13 aliphatic rings. The highest BCUT2D eigenvalue weighted by Crippen LogP contribution is 2.87. The summed E-state index contributed by atoms with van der Waals surface area (Å²) in [6, 6.07) is 16.0. The second-order valence-corrected chi connectivity index (χ2v) is 20.2. The van der Waals surface area contributed by atoms with Gasteiger partial charge in [-0.3, -0.25) is 9.69 Å². The predicted molar refractivity (Wildman–Crippen MR) is 223 cm³/mol. The van der Waals surface area contributed by atoms with Gasteiger partial charge in [0.2, 0.25) is 0 Å². The van der Waals surface area contributed by atoms with Gasteiger partial charge in [-0.15, -0.1) is 0 Å². The van der Waals surface area contributed by atoms with Gasteiger partial charge in [0.15, 0.2) is 5.60 Å². The number of hydrogen-bond acceptors (Lipinski definition) is 7. The average molecular weight is 778 g/mol. The highest BCUT2D eigenvalue weighted by Gasteiger charge is 2.92. The van der Waals surface area contributed by atoms with Crippen LogP contribution in [0.1, 0.15) is 104 Å². The van der Waals surface area contributed by atoms with E-state index in [9.17, 15) is 4.79 Å². The van der Waals surface area contributed by atoms with Crippen LogP contribution in [0.2, 0.25) is 0 Å². The molecule has 0 amide bonds. The van der Waals surface area contributed by atoms with E-state index < -0.39 is 16.4 Å². The number of piperidine rings is 2. The summed E-state index contributed by atoms with van der Waals surface area (Å²) in [7, 11) is 0. The number of hydrogen-bond donors (Lipinski definition) is 1. The predicted octanol–water partition coefficient (Wildman–Crippen LogP) is 8.19. The summed E-state index contributed by atoms with van der Waals surface area (Å²) in [6.45, 7) is 9.89. The Morgan fingerprint density at radius 1 is 0.931 bits per heavy atom. The van der Waals surface area contributed by atoms with Crippen molar-refractivity contribution in [2.24, 2.45) is 52.1 Å². The third-order valence-corrected chi connectivity index (χ3v) is 17.4. The standard InChI is InChI=1S/C51H59N3O4/c1-30-15-17-41-46-38-19-20-49-43(18-16-31(2)53-26-34-23-35(27-53)29-54(41)28-34)57-48(56)50(49)40(38)25-37(44(30)46)24-33-10-5-9-32(22-33)8-3-4-14-42(50)51(49)39-13-6-11-36(12-7-21-52)45(39)47(55)58-51/h5-6,9-11,13,17-18,22,25,30-31,34-35,42,44,46H,3-4,7-8,12,14-16,19-21,23-24,26-29,52H2,1-2H3. The third kappa shape index (κ3) is 4.48. The molecule has 0 aromatic heterocycles. The van der Waals surface area contributed by atoms with E-state index in [4.69, 9.17) is 15.2 Å². The number of allylic oxidation sites excluding steroid dienone is 4. The highest BCUT2D eigenvalue weighted by molar-refractivity contribution is 6.00. The molecule has 3 spiro atoms. The van der Waals surface area contributed by atoms with Crippen molar-refractivity contribution in [1.29, 1.82) is 0 Å². The van der Waals surface area contributed by atoms with E-state index in [-0.39, 0.29) is 23.8 Å². The van der Waals surface area contributed by atoms with Crippen molar-refractivity contribution in [3.05, 3.63) is 117 Å². The van der Waals surface area contributed by atoms with Gasteiger partial charge in [0, 0.05) is 55.3 Å². The number of aryl methyl sites for hydroxylation is 2. The van der Waals surface area contributed by atoms with Crippen LogP contribution in [0.3, 0.4) is 0 Å². The zero-order chi connectivity index (χ0) is 39.1. The number of benzene rings is 2. The van der Waals surface area contributed by atoms with Crippen LogP contribution in [0, 0.1) is 46.3 Å². The van der Waals surface area contributed by atoms with Crippen LogP contribution in [-0.2, 0) is 39.1 Å². The summed E-state index contributed by atoms with van der Waals surface area (Å²) in [4.78, 5) is 36.0. The number of nitrogens with zero attached hydrogens (tertiary/aromatic N) is 2. The third-order valence-electron chi connectivity index (χ3n) is 17.4. The highest BCUT2D eigenvalue weighted by atomic mass is 16.6. The monoisotopic (exact) mass is 777 g/mol. The number of rotatable bonds is 3. The van der Waals surface area contributed by atoms with Crippen molar-refractivity contribution in [2.75, 3.05) is 32.7 Å². The minimum Gasteiger partial charge on any atom is -0.449 e. The zero-order valence-corrected chi connectivity index (χ0v) is 34.4. The fourth-order valence-corrected chi connectivity index (χ4v) is 15.4. The van der Waals surface area contributed by atoms with E-state index in [2.05, 4.69) is 84.3 Å². The maximum Gasteiger partial charge on any atom is 0.339 e. The van der Waals surface area contributed by atoms with Crippen LogP contribution in [0.15, 0.2) is 88.9 Å². The molecule has 7 nitrogen and oxygen atoms in total. The molecule has 5 aliphatic carbocycles. The maximum absolute atomic E-state index is 15.8. The minimum atomic E-state index is -0.992. The van der Waals surface area contributed by atoms with E-state index in [0.29, 0.717) is 41.8 Å². The normalized spacial score (nSPS) is 40.3. The first-order valence-corrected chi connectivity index (χ1v) is 23.0. The second-order valence-electron chi connectivity index (χ2n) is 20.2. The molecule has 8 aliphatic heterocycles. The van der Waals surface area contributed by atoms with Gasteiger partial charge >= 0.3 is 11.9 Å². The Morgan fingerprint density at radius 2 is 1.76 bits per heavy atom. The molecule has 7 heteroatoms. The molecule has 10 atom stereocenters. The average Bonchev–Trinajstić information content (AvgIpc) is 3.66. The van der Waals surface area contributed by atoms with Crippen molar-refractivity contribution in [1.82, 2.24) is 9.80 Å². The number of fused-ring (bicyclic) bond motifs is 6. The molecule has 1 saturated carbocycles. The van der Waals surface area contributed by atoms with E-state index in [0.717, 1.165) is 114 Å². The molecular weight excluding hydrogens is 719 g/mol. The van der Waals surface area contributed by atoms with Gasteiger partial charge in [-0.2, -0.15) is 0 Å². The molecule has 302 valence electrons. The maximum atomic E-state index is 15.8. The largest absolute Gasteiger partial charge is 0.449 e. The van der Waals surface area contributed by atoms with Crippen molar-refractivity contribution >= 4 is 11.9 Å². The molecule has 2 N–H and O–H groups in total. The van der Waals surface area contributed by atoms with Gasteiger partial charge in [-0.1, -0.05) is 79.1 Å². The molecule has 3 saturated heterocycles. The SMILES string of the molecule is CC1CC=C2C3C4=C5C=C(Cc6cccc(c6)CCCCC6C57C(=O)OC(=CCC(C)N5CC8CC(CN2C8)C5)C7(CC4)C62OC(=O)c4c(CCCN)cccc42)C13. The first-order valence-electron chi connectivity index (χ1n) is 23.0. The van der Waals surface area contributed by atoms with Crippen molar-refractivity contribution in [3.63, 3.8) is 0 Å². The Morgan fingerprint density at radius 3 is 2.60 bits per heavy atom. The number of carbonyl (C=O) groups is 2. The summed E-state index contributed by atoms with van der Waals surface area (Å²) in [5.74, 6) is 2.59. The van der Waals surface area contributed by atoms with Crippen LogP contribution < -0.4 is 5.73 Å². The molecule has 15 rings (SSSR count). The van der Waals surface area contributed by atoms with Gasteiger partial charge in [0.1, 0.15) is 11.2 Å².